The number of carbonyl (C=O) groups excluding carboxylic acids is 2. The largest absolute Gasteiger partial charge is 0.454 e. The predicted octanol–water partition coefficient (Wildman–Crippen LogP) is 3.64. The molecule has 0 fully saturated rings. The van der Waals surface area contributed by atoms with E-state index < -0.39 is 11.8 Å². The molecule has 7 heteroatoms. The van der Waals surface area contributed by atoms with Crippen LogP contribution in [0.2, 0.25) is 0 Å². The van der Waals surface area contributed by atoms with Crippen molar-refractivity contribution >= 4 is 24.1 Å². The van der Waals surface area contributed by atoms with Crippen LogP contribution in [0.15, 0.2) is 83.6 Å². The average Bonchev–Trinajstić information content (AvgIpc) is 3.28. The minimum atomic E-state index is -0.560. The molecule has 0 atom stereocenters. The lowest BCUT2D eigenvalue weighted by Crippen LogP contribution is -2.32. The number of fused-ring (bicyclic) bond motifs is 1. The highest BCUT2D eigenvalue weighted by Gasteiger charge is 2.16. The van der Waals surface area contributed by atoms with Crippen LogP contribution in [0.5, 0.6) is 11.5 Å². The highest BCUT2D eigenvalue weighted by atomic mass is 16.7. The third-order valence-electron chi connectivity index (χ3n) is 4.69. The summed E-state index contributed by atoms with van der Waals surface area (Å²) < 4.78 is 10.7. The Morgan fingerprint density at radius 1 is 0.906 bits per heavy atom. The first-order chi connectivity index (χ1) is 15.6. The van der Waals surface area contributed by atoms with Gasteiger partial charge in [-0.15, -0.1) is 0 Å². The summed E-state index contributed by atoms with van der Waals surface area (Å²) >= 11 is 0. The molecule has 3 aromatic rings. The Hall–Kier alpha value is -4.39. The second-order valence-electron chi connectivity index (χ2n) is 7.10. The van der Waals surface area contributed by atoms with Gasteiger partial charge in [-0.2, -0.15) is 5.10 Å². The molecule has 0 saturated heterocycles. The normalized spacial score (nSPS) is 12.6. The van der Waals surface area contributed by atoms with Crippen molar-refractivity contribution in [2.75, 3.05) is 6.79 Å². The van der Waals surface area contributed by atoms with Gasteiger partial charge in [-0.1, -0.05) is 54.1 Å². The molecule has 0 unspecified atom stereocenters. The molecule has 1 aliphatic heterocycles. The summed E-state index contributed by atoms with van der Waals surface area (Å²) in [6.45, 7) is 2.14. The predicted molar refractivity (Wildman–Crippen MR) is 121 cm³/mol. The van der Waals surface area contributed by atoms with Crippen molar-refractivity contribution in [3.05, 3.63) is 101 Å². The number of hydrogen-bond acceptors (Lipinski definition) is 5. The fourth-order valence-corrected chi connectivity index (χ4v) is 2.99. The molecule has 0 bridgehead atoms. The lowest BCUT2D eigenvalue weighted by molar-refractivity contribution is -0.117. The van der Waals surface area contributed by atoms with E-state index in [0.717, 1.165) is 11.1 Å². The molecule has 0 radical (unpaired) electrons. The maximum Gasteiger partial charge on any atom is 0.287 e. The summed E-state index contributed by atoms with van der Waals surface area (Å²) in [7, 11) is 0. The summed E-state index contributed by atoms with van der Waals surface area (Å²) in [5.41, 5.74) is 5.57. The molecule has 4 rings (SSSR count). The minimum absolute atomic E-state index is 0.0405. The number of hydrazone groups is 1. The van der Waals surface area contributed by atoms with E-state index in [0.29, 0.717) is 22.6 Å². The number of hydrogen-bond donors (Lipinski definition) is 2. The van der Waals surface area contributed by atoms with Crippen molar-refractivity contribution in [2.45, 2.75) is 6.92 Å². The van der Waals surface area contributed by atoms with Crippen molar-refractivity contribution < 1.29 is 19.1 Å². The second-order valence-corrected chi connectivity index (χ2v) is 7.10. The lowest BCUT2D eigenvalue weighted by Gasteiger charge is -2.09. The van der Waals surface area contributed by atoms with Gasteiger partial charge in [-0.05, 0) is 48.4 Å². The van der Waals surface area contributed by atoms with E-state index in [9.17, 15) is 9.59 Å². The van der Waals surface area contributed by atoms with Crippen LogP contribution in [-0.4, -0.2) is 24.8 Å². The maximum atomic E-state index is 12.8. The quantitative estimate of drug-likeness (QED) is 0.357. The van der Waals surface area contributed by atoms with Crippen molar-refractivity contribution in [3.8, 4) is 11.5 Å². The molecule has 0 aromatic heterocycles. The topological polar surface area (TPSA) is 89.0 Å². The van der Waals surface area contributed by atoms with Gasteiger partial charge in [0.1, 0.15) is 5.70 Å². The van der Waals surface area contributed by atoms with E-state index in [1.807, 2.05) is 37.3 Å². The third-order valence-corrected chi connectivity index (χ3v) is 4.69. The first-order valence-electron chi connectivity index (χ1n) is 9.96. The summed E-state index contributed by atoms with van der Waals surface area (Å²) in [5.74, 6) is 0.236. The molecular weight excluding hydrogens is 406 g/mol. The SMILES string of the molecule is Cc1ccc(/C=N/NC(=O)/C(=C\c2ccc3c(c2)OCO3)NC(=O)c2ccccc2)cc1. The molecule has 1 heterocycles. The first kappa shape index (κ1) is 20.9. The van der Waals surface area contributed by atoms with Crippen molar-refractivity contribution in [3.63, 3.8) is 0 Å². The summed E-state index contributed by atoms with van der Waals surface area (Å²) in [4.78, 5) is 25.5. The van der Waals surface area contributed by atoms with Crippen LogP contribution in [0, 0.1) is 6.92 Å². The van der Waals surface area contributed by atoms with Gasteiger partial charge in [0, 0.05) is 5.56 Å². The molecule has 3 aromatic carbocycles. The third kappa shape index (κ3) is 5.20. The van der Waals surface area contributed by atoms with E-state index in [1.54, 1.807) is 48.5 Å². The van der Waals surface area contributed by atoms with Crippen molar-refractivity contribution in [1.29, 1.82) is 0 Å². The van der Waals surface area contributed by atoms with Gasteiger partial charge in [0.05, 0.1) is 6.21 Å². The van der Waals surface area contributed by atoms with Gasteiger partial charge in [0.25, 0.3) is 11.8 Å². The number of rotatable bonds is 6. The Kier molecular flexibility index (Phi) is 6.27. The van der Waals surface area contributed by atoms with E-state index >= 15 is 0 Å². The van der Waals surface area contributed by atoms with Gasteiger partial charge in [0.15, 0.2) is 11.5 Å². The van der Waals surface area contributed by atoms with Gasteiger partial charge in [-0.25, -0.2) is 5.43 Å². The molecule has 0 spiro atoms. The van der Waals surface area contributed by atoms with Crippen LogP contribution in [-0.2, 0) is 4.79 Å². The van der Waals surface area contributed by atoms with Crippen molar-refractivity contribution in [1.82, 2.24) is 10.7 Å². The second kappa shape index (κ2) is 9.61. The zero-order chi connectivity index (χ0) is 22.3. The summed E-state index contributed by atoms with van der Waals surface area (Å²) in [6.07, 6.45) is 3.09. The fourth-order valence-electron chi connectivity index (χ4n) is 2.99. The van der Waals surface area contributed by atoms with Gasteiger partial charge < -0.3 is 14.8 Å². The van der Waals surface area contributed by atoms with Crippen LogP contribution in [0.1, 0.15) is 27.0 Å². The highest BCUT2D eigenvalue weighted by Crippen LogP contribution is 2.33. The maximum absolute atomic E-state index is 12.8. The molecule has 2 amide bonds. The van der Waals surface area contributed by atoms with Crippen LogP contribution in [0.3, 0.4) is 0 Å². The Morgan fingerprint density at radius 2 is 1.62 bits per heavy atom. The number of ether oxygens (including phenoxy) is 2. The molecular formula is C25H21N3O4. The number of amides is 2. The zero-order valence-corrected chi connectivity index (χ0v) is 17.4. The summed E-state index contributed by atoms with van der Waals surface area (Å²) in [6, 6.07) is 21.6. The average molecular weight is 427 g/mol. The van der Waals surface area contributed by atoms with Gasteiger partial charge in [-0.3, -0.25) is 9.59 Å². The monoisotopic (exact) mass is 427 g/mol. The van der Waals surface area contributed by atoms with Crippen LogP contribution < -0.4 is 20.2 Å². The zero-order valence-electron chi connectivity index (χ0n) is 17.4. The van der Waals surface area contributed by atoms with Gasteiger partial charge in [0.2, 0.25) is 6.79 Å². The minimum Gasteiger partial charge on any atom is -0.454 e. The molecule has 160 valence electrons. The molecule has 7 nitrogen and oxygen atoms in total. The number of nitrogens with one attached hydrogen (secondary N) is 2. The Balaban J connectivity index is 1.55. The number of carbonyl (C=O) groups is 2. The van der Waals surface area contributed by atoms with E-state index in [1.165, 1.54) is 6.21 Å². The highest BCUT2D eigenvalue weighted by molar-refractivity contribution is 6.05. The Bertz CT molecular complexity index is 1190. The van der Waals surface area contributed by atoms with Crippen LogP contribution in [0.4, 0.5) is 0 Å². The van der Waals surface area contributed by atoms with Crippen LogP contribution >= 0.6 is 0 Å². The van der Waals surface area contributed by atoms with E-state index in [-0.39, 0.29) is 12.5 Å². The molecule has 32 heavy (non-hydrogen) atoms. The number of benzene rings is 3. The van der Waals surface area contributed by atoms with E-state index in [4.69, 9.17) is 9.47 Å². The van der Waals surface area contributed by atoms with Gasteiger partial charge >= 0.3 is 0 Å². The standard InChI is InChI=1S/C25H21N3O4/c1-17-7-9-18(10-8-17)15-26-28-25(30)21(27-24(29)20-5-3-2-4-6-20)13-19-11-12-22-23(14-19)32-16-31-22/h2-15H,16H2,1H3,(H,27,29)(H,28,30)/b21-13+,26-15+. The fraction of sp³-hybridized carbons (Fsp3) is 0.0800. The molecule has 2 N–H and O–H groups in total. The molecule has 0 aliphatic carbocycles. The smallest absolute Gasteiger partial charge is 0.287 e. The number of nitrogens with zero attached hydrogens (tertiary/aromatic N) is 1. The van der Waals surface area contributed by atoms with Crippen LogP contribution in [0.25, 0.3) is 6.08 Å². The van der Waals surface area contributed by atoms with Crippen molar-refractivity contribution in [2.24, 2.45) is 5.10 Å². The Labute approximate surface area is 185 Å². The number of aryl methyl sites for hydroxylation is 1. The first-order valence-corrected chi connectivity index (χ1v) is 9.96. The lowest BCUT2D eigenvalue weighted by atomic mass is 10.1. The summed E-state index contributed by atoms with van der Waals surface area (Å²) in [5, 5.41) is 6.68. The molecule has 0 saturated carbocycles. The molecule has 1 aliphatic rings. The Morgan fingerprint density at radius 3 is 2.41 bits per heavy atom. The van der Waals surface area contributed by atoms with E-state index in [2.05, 4.69) is 15.8 Å².